The lowest BCUT2D eigenvalue weighted by Crippen LogP contribution is -2.19. The fraction of sp³-hybridized carbons (Fsp3) is 0.304. The summed E-state index contributed by atoms with van der Waals surface area (Å²) in [6.07, 6.45) is 2.75. The average Bonchev–Trinajstić information content (AvgIpc) is 2.70. The number of rotatable bonds is 4. The molecule has 0 radical (unpaired) electrons. The predicted molar refractivity (Wildman–Crippen MR) is 105 cm³/mol. The van der Waals surface area contributed by atoms with Gasteiger partial charge >= 0.3 is 5.97 Å². The van der Waals surface area contributed by atoms with Crippen molar-refractivity contribution in [1.82, 2.24) is 4.98 Å². The molecule has 0 saturated heterocycles. The summed E-state index contributed by atoms with van der Waals surface area (Å²) in [6, 6.07) is 12.2. The molecule has 5 heteroatoms. The second kappa shape index (κ2) is 7.58. The van der Waals surface area contributed by atoms with Crippen molar-refractivity contribution < 1.29 is 18.7 Å². The van der Waals surface area contributed by atoms with Gasteiger partial charge < -0.3 is 9.47 Å². The number of hydrogen-bond acceptors (Lipinski definition) is 4. The first-order valence-corrected chi connectivity index (χ1v) is 9.47. The van der Waals surface area contributed by atoms with Crippen molar-refractivity contribution in [3.05, 3.63) is 70.7 Å². The molecule has 28 heavy (non-hydrogen) atoms. The molecule has 1 aliphatic carbocycles. The molecular weight excluding hydrogens is 357 g/mol. The number of para-hydroxylation sites is 1. The molecule has 4 rings (SSSR count). The predicted octanol–water partition coefficient (Wildman–Crippen LogP) is 4.86. The van der Waals surface area contributed by atoms with Gasteiger partial charge in [-0.3, -0.25) is 4.98 Å². The van der Waals surface area contributed by atoms with E-state index in [1.807, 2.05) is 24.3 Å². The van der Waals surface area contributed by atoms with E-state index in [-0.39, 0.29) is 18.3 Å². The molecule has 4 nitrogen and oxygen atoms in total. The van der Waals surface area contributed by atoms with Crippen molar-refractivity contribution in [1.29, 1.82) is 0 Å². The van der Waals surface area contributed by atoms with E-state index in [0.717, 1.165) is 41.4 Å². The Hall–Kier alpha value is -2.95. The minimum atomic E-state index is -0.475. The van der Waals surface area contributed by atoms with Crippen LogP contribution in [0.3, 0.4) is 0 Å². The molecule has 0 spiro atoms. The largest absolute Gasteiger partial charge is 0.494 e. The van der Waals surface area contributed by atoms with Gasteiger partial charge in [0.25, 0.3) is 0 Å². The van der Waals surface area contributed by atoms with Crippen LogP contribution in [0.25, 0.3) is 10.9 Å². The highest BCUT2D eigenvalue weighted by molar-refractivity contribution is 6.05. The maximum Gasteiger partial charge on any atom is 0.339 e. The highest BCUT2D eigenvalue weighted by atomic mass is 19.1. The van der Waals surface area contributed by atoms with E-state index < -0.39 is 5.82 Å². The van der Waals surface area contributed by atoms with Gasteiger partial charge in [-0.15, -0.1) is 0 Å². The van der Waals surface area contributed by atoms with Crippen molar-refractivity contribution >= 4 is 16.9 Å². The zero-order chi connectivity index (χ0) is 19.7. The highest BCUT2D eigenvalue weighted by Gasteiger charge is 2.26. The summed E-state index contributed by atoms with van der Waals surface area (Å²) in [4.78, 5) is 17.8. The minimum absolute atomic E-state index is 0.000719. The molecule has 0 amide bonds. The Balaban J connectivity index is 1.67. The molecule has 1 aromatic heterocycles. The molecule has 0 N–H and O–H groups in total. The van der Waals surface area contributed by atoms with Crippen molar-refractivity contribution in [3.8, 4) is 5.75 Å². The van der Waals surface area contributed by atoms with Gasteiger partial charge in [0.05, 0.1) is 18.2 Å². The van der Waals surface area contributed by atoms with Gasteiger partial charge in [0.1, 0.15) is 6.61 Å². The van der Waals surface area contributed by atoms with Crippen molar-refractivity contribution in [2.75, 3.05) is 7.11 Å². The Morgan fingerprint density at radius 2 is 2.07 bits per heavy atom. The summed E-state index contributed by atoms with van der Waals surface area (Å²) in [5.74, 6) is -0.201. The number of ether oxygens (including phenoxy) is 2. The highest BCUT2D eigenvalue weighted by Crippen LogP contribution is 2.32. The summed E-state index contributed by atoms with van der Waals surface area (Å²) < 4.78 is 24.4. The molecule has 0 bridgehead atoms. The maximum atomic E-state index is 13.9. The maximum absolute atomic E-state index is 13.9. The van der Waals surface area contributed by atoms with Gasteiger partial charge in [0.15, 0.2) is 11.6 Å². The fourth-order valence-electron chi connectivity index (χ4n) is 3.82. The summed E-state index contributed by atoms with van der Waals surface area (Å²) in [5.41, 5.74) is 3.95. The van der Waals surface area contributed by atoms with E-state index in [4.69, 9.17) is 14.5 Å². The number of carbonyl (C=O) groups excluding carboxylic acids is 1. The van der Waals surface area contributed by atoms with E-state index in [9.17, 15) is 9.18 Å². The number of benzene rings is 2. The number of pyridine rings is 1. The SMILES string of the molecule is COc1ccc(COC(=O)c2c3c(nc4ccccc24)CCC(C)C3)cc1F. The van der Waals surface area contributed by atoms with E-state index in [1.165, 1.54) is 19.2 Å². The molecule has 0 fully saturated rings. The van der Waals surface area contributed by atoms with E-state index >= 15 is 0 Å². The standard InChI is InChI=1S/C23H22FNO3/c1-14-7-9-20-17(11-14)22(16-5-3-4-6-19(16)25-20)23(26)28-13-15-8-10-21(27-2)18(24)12-15/h3-6,8,10,12,14H,7,9,11,13H2,1-2H3. The second-order valence-corrected chi connectivity index (χ2v) is 7.32. The number of nitrogens with zero attached hydrogens (tertiary/aromatic N) is 1. The van der Waals surface area contributed by atoms with Crippen LogP contribution < -0.4 is 4.74 Å². The topological polar surface area (TPSA) is 48.4 Å². The Labute approximate surface area is 163 Å². The average molecular weight is 379 g/mol. The van der Waals surface area contributed by atoms with Crippen LogP contribution in [0.4, 0.5) is 4.39 Å². The van der Waals surface area contributed by atoms with Gasteiger partial charge in [0.2, 0.25) is 0 Å². The van der Waals surface area contributed by atoms with Crippen LogP contribution in [0, 0.1) is 11.7 Å². The van der Waals surface area contributed by atoms with E-state index in [2.05, 4.69) is 6.92 Å². The van der Waals surface area contributed by atoms with Crippen LogP contribution in [-0.4, -0.2) is 18.1 Å². The van der Waals surface area contributed by atoms with Crippen LogP contribution in [0.2, 0.25) is 0 Å². The van der Waals surface area contributed by atoms with E-state index in [1.54, 1.807) is 6.07 Å². The van der Waals surface area contributed by atoms with Crippen LogP contribution >= 0.6 is 0 Å². The Kier molecular flexibility index (Phi) is 4.99. The van der Waals surface area contributed by atoms with Crippen LogP contribution in [0.1, 0.15) is 40.5 Å². The fourth-order valence-corrected chi connectivity index (χ4v) is 3.82. The number of aromatic nitrogens is 1. The van der Waals surface area contributed by atoms with Crippen molar-refractivity contribution in [2.45, 2.75) is 32.8 Å². The first kappa shape index (κ1) is 18.4. The number of halogens is 1. The van der Waals surface area contributed by atoms with Crippen LogP contribution in [0.5, 0.6) is 5.75 Å². The molecule has 3 aromatic rings. The number of fused-ring (bicyclic) bond motifs is 2. The molecule has 1 aliphatic rings. The van der Waals surface area contributed by atoms with Gasteiger partial charge in [-0.2, -0.15) is 0 Å². The van der Waals surface area contributed by atoms with Gasteiger partial charge in [-0.05, 0) is 54.5 Å². The number of methoxy groups -OCH3 is 1. The lowest BCUT2D eigenvalue weighted by atomic mass is 9.84. The number of aryl methyl sites for hydroxylation is 1. The molecule has 1 unspecified atom stereocenters. The quantitative estimate of drug-likeness (QED) is 0.607. The minimum Gasteiger partial charge on any atom is -0.494 e. The van der Waals surface area contributed by atoms with Crippen molar-refractivity contribution in [3.63, 3.8) is 0 Å². The molecule has 1 atom stereocenters. The summed E-state index contributed by atoms with van der Waals surface area (Å²) >= 11 is 0. The third kappa shape index (κ3) is 3.44. The first-order valence-electron chi connectivity index (χ1n) is 9.47. The third-order valence-corrected chi connectivity index (χ3v) is 5.30. The van der Waals surface area contributed by atoms with Crippen LogP contribution in [-0.2, 0) is 24.2 Å². The molecule has 2 aromatic carbocycles. The normalized spacial score (nSPS) is 15.9. The first-order chi connectivity index (χ1) is 13.6. The summed E-state index contributed by atoms with van der Waals surface area (Å²) in [7, 11) is 1.41. The lowest BCUT2D eigenvalue weighted by molar-refractivity contribution is 0.0472. The van der Waals surface area contributed by atoms with Crippen LogP contribution in [0.15, 0.2) is 42.5 Å². The third-order valence-electron chi connectivity index (χ3n) is 5.30. The second-order valence-electron chi connectivity index (χ2n) is 7.32. The Morgan fingerprint density at radius 3 is 2.86 bits per heavy atom. The zero-order valence-corrected chi connectivity index (χ0v) is 16.0. The number of esters is 1. The Bertz CT molecular complexity index is 1050. The number of hydrogen-bond donors (Lipinski definition) is 0. The summed E-state index contributed by atoms with van der Waals surface area (Å²) in [5, 5.41) is 0.807. The van der Waals surface area contributed by atoms with Gasteiger partial charge in [-0.1, -0.05) is 31.2 Å². The molecular formula is C23H22FNO3. The number of carbonyl (C=O) groups is 1. The van der Waals surface area contributed by atoms with Gasteiger partial charge in [0, 0.05) is 11.1 Å². The molecule has 144 valence electrons. The molecule has 0 aliphatic heterocycles. The zero-order valence-electron chi connectivity index (χ0n) is 16.0. The molecule has 0 saturated carbocycles. The van der Waals surface area contributed by atoms with E-state index in [0.29, 0.717) is 17.0 Å². The Morgan fingerprint density at radius 1 is 1.25 bits per heavy atom. The monoisotopic (exact) mass is 379 g/mol. The smallest absolute Gasteiger partial charge is 0.339 e. The summed E-state index contributed by atoms with van der Waals surface area (Å²) in [6.45, 7) is 2.19. The molecule has 1 heterocycles. The van der Waals surface area contributed by atoms with Gasteiger partial charge in [-0.25, -0.2) is 9.18 Å². The van der Waals surface area contributed by atoms with Crippen molar-refractivity contribution in [2.24, 2.45) is 5.92 Å². The lowest BCUT2D eigenvalue weighted by Gasteiger charge is -2.24.